The van der Waals surface area contributed by atoms with Crippen LogP contribution in [0.4, 0.5) is 21.5 Å². The summed E-state index contributed by atoms with van der Waals surface area (Å²) in [5, 5.41) is 13.3. The lowest BCUT2D eigenvalue weighted by Gasteiger charge is -2.13. The molecule has 0 heterocycles. The van der Waals surface area contributed by atoms with Gasteiger partial charge in [-0.1, -0.05) is 12.1 Å². The average molecular weight is 415 g/mol. The predicted molar refractivity (Wildman–Crippen MR) is 105 cm³/mol. The summed E-state index contributed by atoms with van der Waals surface area (Å²) in [7, 11) is -4.09. The summed E-state index contributed by atoms with van der Waals surface area (Å²) in [4.78, 5) is 22.4. The van der Waals surface area contributed by atoms with Gasteiger partial charge in [0, 0.05) is 17.8 Å². The minimum Gasteiger partial charge on any atom is -0.322 e. The van der Waals surface area contributed by atoms with Crippen LogP contribution in [0.15, 0.2) is 77.7 Å². The van der Waals surface area contributed by atoms with Crippen LogP contribution in [0, 0.1) is 15.9 Å². The Labute approximate surface area is 165 Å². The van der Waals surface area contributed by atoms with Crippen molar-refractivity contribution in [3.8, 4) is 0 Å². The lowest BCUT2D eigenvalue weighted by Crippen LogP contribution is -2.18. The smallest absolute Gasteiger partial charge is 0.269 e. The number of nitrogens with zero attached hydrogens (tertiary/aromatic N) is 1. The van der Waals surface area contributed by atoms with E-state index in [1.165, 1.54) is 36.4 Å². The molecule has 0 aliphatic rings. The van der Waals surface area contributed by atoms with Gasteiger partial charge in [-0.2, -0.15) is 0 Å². The van der Waals surface area contributed by atoms with Gasteiger partial charge in [0.15, 0.2) is 0 Å². The third kappa shape index (κ3) is 4.74. The third-order valence-electron chi connectivity index (χ3n) is 3.88. The second-order valence-electron chi connectivity index (χ2n) is 5.86. The van der Waals surface area contributed by atoms with Gasteiger partial charge in [0.2, 0.25) is 0 Å². The van der Waals surface area contributed by atoms with E-state index in [0.29, 0.717) is 5.69 Å². The maximum Gasteiger partial charge on any atom is 0.269 e. The van der Waals surface area contributed by atoms with E-state index in [1.54, 1.807) is 12.1 Å². The minimum absolute atomic E-state index is 0.0189. The molecule has 0 spiro atoms. The molecular weight excluding hydrogens is 401 g/mol. The predicted octanol–water partition coefficient (Wildman–Crippen LogP) is 3.79. The minimum atomic E-state index is -4.09. The van der Waals surface area contributed by atoms with Gasteiger partial charge in [0.1, 0.15) is 5.82 Å². The average Bonchev–Trinajstić information content (AvgIpc) is 2.70. The molecule has 10 heteroatoms. The zero-order valence-corrected chi connectivity index (χ0v) is 15.5. The molecule has 0 fully saturated rings. The number of anilines is 2. The molecule has 0 aliphatic carbocycles. The van der Waals surface area contributed by atoms with E-state index in [1.807, 2.05) is 0 Å². The normalized spacial score (nSPS) is 10.9. The maximum absolute atomic E-state index is 13.0. The molecule has 1 amide bonds. The Balaban J connectivity index is 1.85. The Morgan fingerprint density at radius 1 is 0.931 bits per heavy atom. The van der Waals surface area contributed by atoms with Crippen molar-refractivity contribution < 1.29 is 22.5 Å². The lowest BCUT2D eigenvalue weighted by atomic mass is 10.1. The Morgan fingerprint density at radius 2 is 1.55 bits per heavy atom. The van der Waals surface area contributed by atoms with Crippen molar-refractivity contribution in [2.75, 3.05) is 10.0 Å². The van der Waals surface area contributed by atoms with Crippen LogP contribution >= 0.6 is 0 Å². The molecule has 2 N–H and O–H groups in total. The van der Waals surface area contributed by atoms with Crippen molar-refractivity contribution in [1.82, 2.24) is 0 Å². The number of non-ortho nitro benzene ring substituents is 1. The second-order valence-corrected chi connectivity index (χ2v) is 7.55. The number of carbonyl (C=O) groups is 1. The lowest BCUT2D eigenvalue weighted by molar-refractivity contribution is -0.384. The van der Waals surface area contributed by atoms with E-state index in [9.17, 15) is 27.7 Å². The molecule has 0 radical (unpaired) electrons. The van der Waals surface area contributed by atoms with Crippen LogP contribution in [0.1, 0.15) is 10.4 Å². The number of rotatable bonds is 6. The quantitative estimate of drug-likeness (QED) is 0.469. The van der Waals surface area contributed by atoms with Gasteiger partial charge in [0.25, 0.3) is 21.6 Å². The van der Waals surface area contributed by atoms with Crippen molar-refractivity contribution in [1.29, 1.82) is 0 Å². The standard InChI is InChI=1S/C19H14FN3O5S/c20-13-5-7-14(8-6-13)21-19(24)17-3-1-2-4-18(17)22-29(27,28)16-11-9-15(10-12-16)23(25)26/h1-12,22H,(H,21,24). The first-order valence-corrected chi connectivity index (χ1v) is 9.68. The van der Waals surface area contributed by atoms with Gasteiger partial charge in [0.05, 0.1) is 21.1 Å². The van der Waals surface area contributed by atoms with Crippen molar-refractivity contribution in [2.24, 2.45) is 0 Å². The van der Waals surface area contributed by atoms with Crippen LogP contribution < -0.4 is 10.0 Å². The zero-order chi connectivity index (χ0) is 21.0. The number of sulfonamides is 1. The Bertz CT molecular complexity index is 1160. The topological polar surface area (TPSA) is 118 Å². The summed E-state index contributed by atoms with van der Waals surface area (Å²) in [6, 6.07) is 15.4. The molecule has 3 rings (SSSR count). The summed E-state index contributed by atoms with van der Waals surface area (Å²) in [6.45, 7) is 0. The van der Waals surface area contributed by atoms with E-state index < -0.39 is 26.7 Å². The second kappa shape index (κ2) is 8.07. The monoisotopic (exact) mass is 415 g/mol. The number of hydrogen-bond donors (Lipinski definition) is 2. The fraction of sp³-hybridized carbons (Fsp3) is 0. The Hall–Kier alpha value is -3.79. The summed E-state index contributed by atoms with van der Waals surface area (Å²) >= 11 is 0. The van der Waals surface area contributed by atoms with Crippen molar-refractivity contribution >= 4 is 33.0 Å². The molecule has 0 unspecified atom stereocenters. The van der Waals surface area contributed by atoms with Crippen LogP contribution in [0.5, 0.6) is 0 Å². The molecule has 148 valence electrons. The van der Waals surface area contributed by atoms with E-state index in [0.717, 1.165) is 24.3 Å². The first-order chi connectivity index (χ1) is 13.8. The highest BCUT2D eigenvalue weighted by atomic mass is 32.2. The van der Waals surface area contributed by atoms with Crippen LogP contribution in [-0.2, 0) is 10.0 Å². The molecule has 0 atom stereocenters. The van der Waals surface area contributed by atoms with Crippen molar-refractivity contribution in [2.45, 2.75) is 4.90 Å². The van der Waals surface area contributed by atoms with Crippen LogP contribution in [0.25, 0.3) is 0 Å². The van der Waals surface area contributed by atoms with Gasteiger partial charge >= 0.3 is 0 Å². The van der Waals surface area contributed by atoms with Crippen LogP contribution in [0.2, 0.25) is 0 Å². The molecule has 0 saturated carbocycles. The highest BCUT2D eigenvalue weighted by Gasteiger charge is 2.19. The number of nitrogens with one attached hydrogen (secondary N) is 2. The van der Waals surface area contributed by atoms with Gasteiger partial charge < -0.3 is 5.32 Å². The number of para-hydroxylation sites is 1. The summed E-state index contributed by atoms with van der Waals surface area (Å²) in [6.07, 6.45) is 0. The van der Waals surface area contributed by atoms with Crippen LogP contribution in [0.3, 0.4) is 0 Å². The van der Waals surface area contributed by atoms with E-state index >= 15 is 0 Å². The maximum atomic E-state index is 13.0. The van der Waals surface area contributed by atoms with Gasteiger partial charge in [-0.15, -0.1) is 0 Å². The number of benzene rings is 3. The van der Waals surface area contributed by atoms with Crippen molar-refractivity contribution in [3.05, 3.63) is 94.3 Å². The first kappa shape index (κ1) is 20.0. The fourth-order valence-corrected chi connectivity index (χ4v) is 3.53. The van der Waals surface area contributed by atoms with E-state index in [-0.39, 0.29) is 21.8 Å². The molecule has 0 bridgehead atoms. The Morgan fingerprint density at radius 3 is 2.17 bits per heavy atom. The molecule has 29 heavy (non-hydrogen) atoms. The first-order valence-electron chi connectivity index (χ1n) is 8.19. The van der Waals surface area contributed by atoms with E-state index in [2.05, 4.69) is 10.0 Å². The van der Waals surface area contributed by atoms with Crippen LogP contribution in [-0.4, -0.2) is 19.2 Å². The molecule has 8 nitrogen and oxygen atoms in total. The highest BCUT2D eigenvalue weighted by molar-refractivity contribution is 7.92. The molecule has 3 aromatic rings. The highest BCUT2D eigenvalue weighted by Crippen LogP contribution is 2.23. The van der Waals surface area contributed by atoms with E-state index in [4.69, 9.17) is 0 Å². The third-order valence-corrected chi connectivity index (χ3v) is 5.26. The molecule has 3 aromatic carbocycles. The number of halogens is 1. The van der Waals surface area contributed by atoms with Crippen molar-refractivity contribution in [3.63, 3.8) is 0 Å². The number of carbonyl (C=O) groups excluding carboxylic acids is 1. The number of amides is 1. The fourth-order valence-electron chi connectivity index (χ4n) is 2.45. The molecule has 0 aliphatic heterocycles. The summed E-state index contributed by atoms with van der Waals surface area (Å²) in [5.41, 5.74) is 0.153. The zero-order valence-electron chi connectivity index (χ0n) is 14.7. The SMILES string of the molecule is O=C(Nc1ccc(F)cc1)c1ccccc1NS(=O)(=O)c1ccc([N+](=O)[O-])cc1. The summed E-state index contributed by atoms with van der Waals surface area (Å²) in [5.74, 6) is -1.06. The molecule has 0 saturated heterocycles. The molecular formula is C19H14FN3O5S. The number of nitro groups is 1. The largest absolute Gasteiger partial charge is 0.322 e. The van der Waals surface area contributed by atoms with Gasteiger partial charge in [-0.25, -0.2) is 12.8 Å². The summed E-state index contributed by atoms with van der Waals surface area (Å²) < 4.78 is 40.5. The van der Waals surface area contributed by atoms with Gasteiger partial charge in [-0.3, -0.25) is 19.6 Å². The Kier molecular flexibility index (Phi) is 5.55. The number of hydrogen-bond acceptors (Lipinski definition) is 5. The number of nitro benzene ring substituents is 1. The molecule has 0 aromatic heterocycles. The van der Waals surface area contributed by atoms with Gasteiger partial charge in [-0.05, 0) is 48.5 Å².